The molecule has 2 aromatic heterocycles. The number of nitrogens with one attached hydrogen (secondary N) is 1. The van der Waals surface area contributed by atoms with E-state index in [4.69, 9.17) is 4.74 Å². The lowest BCUT2D eigenvalue weighted by atomic mass is 10.2. The van der Waals surface area contributed by atoms with Crippen LogP contribution >= 0.6 is 0 Å². The first kappa shape index (κ1) is 20.0. The lowest BCUT2D eigenvalue weighted by Crippen LogP contribution is -2.30. The van der Waals surface area contributed by atoms with E-state index in [9.17, 15) is 13.2 Å². The van der Waals surface area contributed by atoms with Crippen molar-refractivity contribution < 1.29 is 17.9 Å². The number of nitrogens with zero attached hydrogens (tertiary/aromatic N) is 3. The van der Waals surface area contributed by atoms with E-state index in [0.717, 1.165) is 11.2 Å². The van der Waals surface area contributed by atoms with Crippen LogP contribution in [0.4, 0.5) is 0 Å². The Kier molecular flexibility index (Phi) is 6.08. The molecule has 8 nitrogen and oxygen atoms in total. The molecular weight excluding hydrogens is 380 g/mol. The standard InChI is InChI=1S/C19H22N4O4S/c1-22(11-12-27-2)28(25,26)17-6-3-15(4-7-17)13-21-19(24)16-5-8-18-20-9-10-23(18)14-16/h3-10,14H,11-13H2,1-2H3,(H,21,24). The summed E-state index contributed by atoms with van der Waals surface area (Å²) in [6.07, 6.45) is 5.15. The summed E-state index contributed by atoms with van der Waals surface area (Å²) in [5.74, 6) is -0.216. The molecule has 3 aromatic rings. The zero-order chi connectivity index (χ0) is 20.1. The van der Waals surface area contributed by atoms with Crippen LogP contribution in [0.1, 0.15) is 15.9 Å². The number of rotatable bonds is 8. The second kappa shape index (κ2) is 8.51. The van der Waals surface area contributed by atoms with E-state index in [1.165, 1.54) is 30.6 Å². The Bertz CT molecular complexity index is 1060. The highest BCUT2D eigenvalue weighted by atomic mass is 32.2. The largest absolute Gasteiger partial charge is 0.383 e. The molecule has 9 heteroatoms. The van der Waals surface area contributed by atoms with Crippen LogP contribution in [0.5, 0.6) is 0 Å². The maximum absolute atomic E-state index is 12.5. The van der Waals surface area contributed by atoms with Gasteiger partial charge < -0.3 is 14.5 Å². The van der Waals surface area contributed by atoms with Gasteiger partial charge in [-0.05, 0) is 29.8 Å². The Morgan fingerprint density at radius 2 is 1.96 bits per heavy atom. The van der Waals surface area contributed by atoms with Gasteiger partial charge in [0.1, 0.15) is 5.65 Å². The Morgan fingerprint density at radius 3 is 2.68 bits per heavy atom. The summed E-state index contributed by atoms with van der Waals surface area (Å²) in [7, 11) is -0.522. The molecule has 0 spiro atoms. The monoisotopic (exact) mass is 402 g/mol. The molecule has 1 aromatic carbocycles. The molecule has 0 unspecified atom stereocenters. The molecule has 1 amide bonds. The fourth-order valence-electron chi connectivity index (χ4n) is 2.64. The Hall–Kier alpha value is -2.75. The minimum Gasteiger partial charge on any atom is -0.383 e. The van der Waals surface area contributed by atoms with Gasteiger partial charge in [0.2, 0.25) is 10.0 Å². The second-order valence-corrected chi connectivity index (χ2v) is 8.30. The van der Waals surface area contributed by atoms with Crippen molar-refractivity contribution in [3.05, 3.63) is 66.1 Å². The molecule has 0 aliphatic heterocycles. The van der Waals surface area contributed by atoms with Crippen LogP contribution < -0.4 is 5.32 Å². The van der Waals surface area contributed by atoms with E-state index in [1.54, 1.807) is 47.3 Å². The van der Waals surface area contributed by atoms with Crippen molar-refractivity contribution in [1.82, 2.24) is 19.0 Å². The number of likely N-dealkylation sites (N-methyl/N-ethyl adjacent to an activating group) is 1. The number of hydrogen-bond acceptors (Lipinski definition) is 5. The SMILES string of the molecule is COCCN(C)S(=O)(=O)c1ccc(CNC(=O)c2ccc3nccn3c2)cc1. The summed E-state index contributed by atoms with van der Waals surface area (Å²) in [5, 5.41) is 2.83. The van der Waals surface area contributed by atoms with Crippen LogP contribution in [-0.2, 0) is 21.3 Å². The van der Waals surface area contributed by atoms with Gasteiger partial charge in [-0.15, -0.1) is 0 Å². The number of methoxy groups -OCH3 is 1. The summed E-state index contributed by atoms with van der Waals surface area (Å²) in [6.45, 7) is 0.892. The zero-order valence-corrected chi connectivity index (χ0v) is 16.5. The molecule has 1 N–H and O–H groups in total. The predicted octanol–water partition coefficient (Wildman–Crippen LogP) is 1.53. The number of amides is 1. The quantitative estimate of drug-likeness (QED) is 0.617. The third-order valence-corrected chi connectivity index (χ3v) is 6.22. The molecule has 0 radical (unpaired) electrons. The van der Waals surface area contributed by atoms with Gasteiger partial charge in [-0.2, -0.15) is 4.31 Å². The van der Waals surface area contributed by atoms with Crippen LogP contribution in [0.25, 0.3) is 5.65 Å². The number of hydrogen-bond donors (Lipinski definition) is 1. The van der Waals surface area contributed by atoms with Crippen LogP contribution in [0, 0.1) is 0 Å². The van der Waals surface area contributed by atoms with Crippen molar-refractivity contribution in [2.45, 2.75) is 11.4 Å². The number of pyridine rings is 1. The van der Waals surface area contributed by atoms with Gasteiger partial charge in [0.15, 0.2) is 0 Å². The molecule has 0 saturated carbocycles. The first-order chi connectivity index (χ1) is 13.4. The van der Waals surface area contributed by atoms with E-state index in [-0.39, 0.29) is 17.3 Å². The van der Waals surface area contributed by atoms with E-state index < -0.39 is 10.0 Å². The van der Waals surface area contributed by atoms with E-state index in [1.807, 2.05) is 0 Å². The molecule has 2 heterocycles. The number of fused-ring (bicyclic) bond motifs is 1. The van der Waals surface area contributed by atoms with E-state index in [0.29, 0.717) is 18.7 Å². The van der Waals surface area contributed by atoms with Gasteiger partial charge in [0, 0.05) is 45.8 Å². The molecule has 148 valence electrons. The summed E-state index contributed by atoms with van der Waals surface area (Å²) in [4.78, 5) is 16.7. The van der Waals surface area contributed by atoms with Gasteiger partial charge in [-0.3, -0.25) is 4.79 Å². The number of aromatic nitrogens is 2. The third-order valence-electron chi connectivity index (χ3n) is 4.35. The number of sulfonamides is 1. The Labute approximate surface area is 163 Å². The Morgan fingerprint density at radius 1 is 1.21 bits per heavy atom. The van der Waals surface area contributed by atoms with Crippen LogP contribution in [0.2, 0.25) is 0 Å². The molecule has 28 heavy (non-hydrogen) atoms. The maximum Gasteiger partial charge on any atom is 0.253 e. The van der Waals surface area contributed by atoms with Crippen molar-refractivity contribution >= 4 is 21.6 Å². The number of benzene rings is 1. The van der Waals surface area contributed by atoms with Crippen molar-refractivity contribution in [2.75, 3.05) is 27.3 Å². The van der Waals surface area contributed by atoms with Gasteiger partial charge in [-0.1, -0.05) is 12.1 Å². The first-order valence-corrected chi connectivity index (χ1v) is 10.1. The molecule has 3 rings (SSSR count). The Balaban J connectivity index is 1.63. The molecule has 0 aliphatic rings. The predicted molar refractivity (Wildman–Crippen MR) is 104 cm³/mol. The third kappa shape index (κ3) is 4.38. The lowest BCUT2D eigenvalue weighted by Gasteiger charge is -2.17. The zero-order valence-electron chi connectivity index (χ0n) is 15.7. The normalized spacial score (nSPS) is 11.8. The van der Waals surface area contributed by atoms with Crippen LogP contribution in [0.3, 0.4) is 0 Å². The highest BCUT2D eigenvalue weighted by Gasteiger charge is 2.20. The second-order valence-electron chi connectivity index (χ2n) is 6.26. The molecule has 0 aliphatic carbocycles. The number of carbonyl (C=O) groups is 1. The number of carbonyl (C=O) groups excluding carboxylic acids is 1. The average molecular weight is 402 g/mol. The lowest BCUT2D eigenvalue weighted by molar-refractivity contribution is 0.0950. The van der Waals surface area contributed by atoms with Crippen molar-refractivity contribution in [1.29, 1.82) is 0 Å². The highest BCUT2D eigenvalue weighted by Crippen LogP contribution is 2.15. The summed E-state index contributed by atoms with van der Waals surface area (Å²) in [5.41, 5.74) is 2.09. The van der Waals surface area contributed by atoms with Crippen LogP contribution in [0.15, 0.2) is 59.9 Å². The van der Waals surface area contributed by atoms with Crippen molar-refractivity contribution in [3.63, 3.8) is 0 Å². The number of imidazole rings is 1. The van der Waals surface area contributed by atoms with Gasteiger partial charge in [0.25, 0.3) is 5.91 Å². The smallest absolute Gasteiger partial charge is 0.253 e. The maximum atomic E-state index is 12.5. The first-order valence-electron chi connectivity index (χ1n) is 8.67. The topological polar surface area (TPSA) is 93.0 Å². The summed E-state index contributed by atoms with van der Waals surface area (Å²) in [6, 6.07) is 9.94. The molecule has 0 fully saturated rings. The molecule has 0 saturated heterocycles. The minimum absolute atomic E-state index is 0.201. The minimum atomic E-state index is -3.56. The highest BCUT2D eigenvalue weighted by molar-refractivity contribution is 7.89. The van der Waals surface area contributed by atoms with E-state index >= 15 is 0 Å². The number of ether oxygens (including phenoxy) is 1. The fraction of sp³-hybridized carbons (Fsp3) is 0.263. The van der Waals surface area contributed by atoms with Crippen LogP contribution in [-0.4, -0.2) is 55.3 Å². The fourth-order valence-corrected chi connectivity index (χ4v) is 3.79. The van der Waals surface area contributed by atoms with Gasteiger partial charge in [0.05, 0.1) is 17.1 Å². The summed E-state index contributed by atoms with van der Waals surface area (Å²) >= 11 is 0. The van der Waals surface area contributed by atoms with Gasteiger partial charge >= 0.3 is 0 Å². The summed E-state index contributed by atoms with van der Waals surface area (Å²) < 4.78 is 32.9. The van der Waals surface area contributed by atoms with Gasteiger partial charge in [-0.25, -0.2) is 13.4 Å². The van der Waals surface area contributed by atoms with E-state index in [2.05, 4.69) is 10.3 Å². The molecular formula is C19H22N4O4S. The molecule has 0 bridgehead atoms. The average Bonchev–Trinajstić information content (AvgIpc) is 3.18. The van der Waals surface area contributed by atoms with Crippen molar-refractivity contribution in [2.24, 2.45) is 0 Å². The van der Waals surface area contributed by atoms with Crippen molar-refractivity contribution in [3.8, 4) is 0 Å². The molecule has 0 atom stereocenters.